The topological polar surface area (TPSA) is 134 Å². The van der Waals surface area contributed by atoms with Gasteiger partial charge in [-0.05, 0) is 77.0 Å². The second kappa shape index (κ2) is 37.7. The molecule has 9 nitrogen and oxygen atoms in total. The van der Waals surface area contributed by atoms with E-state index < -0.39 is 32.5 Å². The Labute approximate surface area is 311 Å². The maximum Gasteiger partial charge on any atom is 0.472 e. The Balaban J connectivity index is 4.27. The van der Waals surface area contributed by atoms with Crippen LogP contribution in [0.1, 0.15) is 168 Å². The minimum Gasteiger partial charge on any atom is -0.462 e. The van der Waals surface area contributed by atoms with Crippen molar-refractivity contribution in [3.8, 4) is 0 Å². The van der Waals surface area contributed by atoms with E-state index in [2.05, 4.69) is 62.5 Å². The Hall–Kier alpha value is -2.03. The second-order valence-corrected chi connectivity index (χ2v) is 14.6. The average Bonchev–Trinajstić information content (AvgIpc) is 3.11. The molecule has 51 heavy (non-hydrogen) atoms. The standard InChI is InChI=1S/C41H74NO8P/c1-3-5-7-9-11-13-15-17-18-19-20-22-24-26-28-30-32-34-41(44)50-39(38-49-51(45,46)48-36-35-42)37-47-40(43)33-31-29-27-25-23-21-16-14-12-10-8-6-4-2/h11,13-14,16-18,20,22,39H,3-10,12,15,19,21,23-38,42H2,1-2H3,(H,45,46)/b13-11+,16-14+,18-17+,22-20+/t39-/m1/s1. The molecule has 296 valence electrons. The summed E-state index contributed by atoms with van der Waals surface area (Å²) in [5, 5.41) is 0. The molecule has 0 saturated heterocycles. The summed E-state index contributed by atoms with van der Waals surface area (Å²) in [4.78, 5) is 34.7. The normalized spacial score (nSPS) is 13.9. The minimum atomic E-state index is -4.38. The van der Waals surface area contributed by atoms with Crippen LogP contribution in [-0.2, 0) is 32.7 Å². The Morgan fingerprint density at radius 1 is 0.588 bits per heavy atom. The number of carbonyl (C=O) groups is 2. The van der Waals surface area contributed by atoms with Crippen molar-refractivity contribution in [2.45, 2.75) is 174 Å². The van der Waals surface area contributed by atoms with Crippen molar-refractivity contribution in [1.82, 2.24) is 0 Å². The lowest BCUT2D eigenvalue weighted by atomic mass is 10.1. The third-order valence-corrected chi connectivity index (χ3v) is 9.17. The number of carbonyl (C=O) groups excluding carboxylic acids is 2. The number of rotatable bonds is 37. The van der Waals surface area contributed by atoms with Gasteiger partial charge in [-0.15, -0.1) is 0 Å². The van der Waals surface area contributed by atoms with Crippen LogP contribution in [0, 0.1) is 0 Å². The number of nitrogens with two attached hydrogens (primary N) is 1. The third kappa shape index (κ3) is 37.5. The van der Waals surface area contributed by atoms with E-state index in [-0.39, 0.29) is 32.6 Å². The van der Waals surface area contributed by atoms with Crippen molar-refractivity contribution in [2.24, 2.45) is 5.73 Å². The van der Waals surface area contributed by atoms with Crippen LogP contribution < -0.4 is 5.73 Å². The Bertz CT molecular complexity index is 981. The van der Waals surface area contributed by atoms with E-state index in [0.29, 0.717) is 6.42 Å². The smallest absolute Gasteiger partial charge is 0.462 e. The van der Waals surface area contributed by atoms with Crippen LogP contribution >= 0.6 is 7.82 Å². The molecule has 0 aromatic carbocycles. The van der Waals surface area contributed by atoms with Gasteiger partial charge in [0.15, 0.2) is 6.10 Å². The average molecular weight is 740 g/mol. The highest BCUT2D eigenvalue weighted by molar-refractivity contribution is 7.47. The highest BCUT2D eigenvalue weighted by Crippen LogP contribution is 2.43. The largest absolute Gasteiger partial charge is 0.472 e. The van der Waals surface area contributed by atoms with Gasteiger partial charge >= 0.3 is 19.8 Å². The fourth-order valence-corrected chi connectivity index (χ4v) is 5.93. The van der Waals surface area contributed by atoms with Gasteiger partial charge in [0.05, 0.1) is 13.2 Å². The van der Waals surface area contributed by atoms with E-state index in [1.54, 1.807) is 0 Å². The zero-order valence-electron chi connectivity index (χ0n) is 32.3. The molecule has 0 saturated carbocycles. The molecule has 0 bridgehead atoms. The molecule has 0 aliphatic rings. The van der Waals surface area contributed by atoms with Gasteiger partial charge in [-0.2, -0.15) is 0 Å². The summed E-state index contributed by atoms with van der Waals surface area (Å²) >= 11 is 0. The lowest BCUT2D eigenvalue weighted by Crippen LogP contribution is -2.29. The highest BCUT2D eigenvalue weighted by Gasteiger charge is 2.25. The Kier molecular flexibility index (Phi) is 36.2. The lowest BCUT2D eigenvalue weighted by molar-refractivity contribution is -0.161. The fraction of sp³-hybridized carbons (Fsp3) is 0.756. The summed E-state index contributed by atoms with van der Waals surface area (Å²) < 4.78 is 32.7. The van der Waals surface area contributed by atoms with Gasteiger partial charge in [0.2, 0.25) is 0 Å². The van der Waals surface area contributed by atoms with Crippen LogP contribution in [0.3, 0.4) is 0 Å². The van der Waals surface area contributed by atoms with Crippen molar-refractivity contribution in [3.05, 3.63) is 48.6 Å². The molecular weight excluding hydrogens is 665 g/mol. The molecule has 2 atom stereocenters. The lowest BCUT2D eigenvalue weighted by Gasteiger charge is -2.19. The highest BCUT2D eigenvalue weighted by atomic mass is 31.2. The monoisotopic (exact) mass is 740 g/mol. The maximum atomic E-state index is 12.5. The number of esters is 2. The van der Waals surface area contributed by atoms with E-state index in [0.717, 1.165) is 77.0 Å². The number of unbranched alkanes of at least 4 members (excludes halogenated alkanes) is 16. The number of hydrogen-bond donors (Lipinski definition) is 2. The van der Waals surface area contributed by atoms with Crippen molar-refractivity contribution in [3.63, 3.8) is 0 Å². The zero-order valence-corrected chi connectivity index (χ0v) is 33.2. The first-order valence-corrected chi connectivity index (χ1v) is 21.6. The Morgan fingerprint density at radius 2 is 1.02 bits per heavy atom. The predicted octanol–water partition coefficient (Wildman–Crippen LogP) is 11.2. The quantitative estimate of drug-likeness (QED) is 0.0276. The molecule has 0 aromatic heterocycles. The molecule has 0 aromatic rings. The van der Waals surface area contributed by atoms with Crippen LogP contribution in [-0.4, -0.2) is 49.3 Å². The molecule has 0 heterocycles. The van der Waals surface area contributed by atoms with Crippen LogP contribution in [0.5, 0.6) is 0 Å². The summed E-state index contributed by atoms with van der Waals surface area (Å²) in [6, 6.07) is 0. The summed E-state index contributed by atoms with van der Waals surface area (Å²) in [7, 11) is -4.38. The first kappa shape index (κ1) is 49.0. The number of phosphoric ester groups is 1. The van der Waals surface area contributed by atoms with E-state index in [4.69, 9.17) is 24.3 Å². The van der Waals surface area contributed by atoms with Gasteiger partial charge in [0, 0.05) is 19.4 Å². The molecule has 0 aliphatic heterocycles. The molecule has 3 N–H and O–H groups in total. The first-order valence-electron chi connectivity index (χ1n) is 20.1. The van der Waals surface area contributed by atoms with E-state index in [9.17, 15) is 19.0 Å². The van der Waals surface area contributed by atoms with Crippen molar-refractivity contribution < 1.29 is 37.6 Å². The van der Waals surface area contributed by atoms with E-state index >= 15 is 0 Å². The first-order chi connectivity index (χ1) is 24.8. The van der Waals surface area contributed by atoms with Gasteiger partial charge in [0.1, 0.15) is 6.61 Å². The van der Waals surface area contributed by atoms with Crippen molar-refractivity contribution in [2.75, 3.05) is 26.4 Å². The third-order valence-electron chi connectivity index (χ3n) is 8.19. The molecule has 0 rings (SSSR count). The zero-order chi connectivity index (χ0) is 37.5. The van der Waals surface area contributed by atoms with Gasteiger partial charge in [-0.3, -0.25) is 18.6 Å². The molecule has 0 radical (unpaired) electrons. The van der Waals surface area contributed by atoms with Gasteiger partial charge < -0.3 is 20.1 Å². The van der Waals surface area contributed by atoms with Crippen LogP contribution in [0.15, 0.2) is 48.6 Å². The summed E-state index contributed by atoms with van der Waals surface area (Å²) in [5.74, 6) is -0.867. The van der Waals surface area contributed by atoms with Crippen molar-refractivity contribution >= 4 is 19.8 Å². The van der Waals surface area contributed by atoms with Gasteiger partial charge in [-0.25, -0.2) is 4.57 Å². The molecule has 0 aliphatic carbocycles. The predicted molar refractivity (Wildman–Crippen MR) is 210 cm³/mol. The molecule has 1 unspecified atom stereocenters. The Morgan fingerprint density at radius 3 is 1.57 bits per heavy atom. The van der Waals surface area contributed by atoms with Crippen LogP contribution in [0.4, 0.5) is 0 Å². The summed E-state index contributed by atoms with van der Waals surface area (Å²) in [5.41, 5.74) is 5.33. The maximum absolute atomic E-state index is 12.5. The summed E-state index contributed by atoms with van der Waals surface area (Å²) in [6.45, 7) is 3.64. The molecule has 10 heteroatoms. The number of phosphoric acid groups is 1. The number of ether oxygens (including phenoxy) is 2. The van der Waals surface area contributed by atoms with E-state index in [1.165, 1.54) is 57.8 Å². The minimum absolute atomic E-state index is 0.0468. The van der Waals surface area contributed by atoms with Gasteiger partial charge in [0.25, 0.3) is 0 Å². The SMILES string of the molecule is CCCCC/C=C/C/C=C/C/C=C/CCCCCCC(=O)O[C@H](COC(=O)CCCCCCC/C=C/CCCCCC)COP(=O)(O)OCCN. The van der Waals surface area contributed by atoms with Gasteiger partial charge in [-0.1, -0.05) is 127 Å². The second-order valence-electron chi connectivity index (χ2n) is 13.1. The van der Waals surface area contributed by atoms with Crippen LogP contribution in [0.2, 0.25) is 0 Å². The fourth-order valence-electron chi connectivity index (χ4n) is 5.16. The molecule has 0 amide bonds. The molecular formula is C41H74NO8P. The van der Waals surface area contributed by atoms with Crippen LogP contribution in [0.25, 0.3) is 0 Å². The molecule has 0 fully saturated rings. The number of allylic oxidation sites excluding steroid dienone is 8. The molecule has 0 spiro atoms. The summed E-state index contributed by atoms with van der Waals surface area (Å²) in [6.07, 6.45) is 41.3. The van der Waals surface area contributed by atoms with E-state index in [1.807, 2.05) is 0 Å². The number of hydrogen-bond acceptors (Lipinski definition) is 8. The van der Waals surface area contributed by atoms with Crippen molar-refractivity contribution in [1.29, 1.82) is 0 Å².